The molecule has 0 N–H and O–H groups in total. The van der Waals surface area contributed by atoms with Gasteiger partial charge in [0.15, 0.2) is 0 Å². The third kappa shape index (κ3) is 11.7. The van der Waals surface area contributed by atoms with Gasteiger partial charge in [-0.1, -0.05) is 95.5 Å². The van der Waals surface area contributed by atoms with Crippen LogP contribution < -0.4 is 0 Å². The van der Waals surface area contributed by atoms with Crippen LogP contribution in [0.3, 0.4) is 0 Å². The Labute approximate surface area is 189 Å². The third-order valence-electron chi connectivity index (χ3n) is 4.90. The van der Waals surface area contributed by atoms with Gasteiger partial charge in [0.2, 0.25) is 0 Å². The zero-order valence-electron chi connectivity index (χ0n) is 19.6. The first kappa shape index (κ1) is 27.6. The molecule has 0 atom stereocenters. The van der Waals surface area contributed by atoms with Crippen molar-refractivity contribution >= 4 is 19.6 Å². The minimum absolute atomic E-state index is 0.0253. The summed E-state index contributed by atoms with van der Waals surface area (Å²) in [5.74, 6) is -0.647. The van der Waals surface area contributed by atoms with Crippen molar-refractivity contribution < 1.29 is 23.1 Å². The van der Waals surface area contributed by atoms with E-state index in [1.165, 1.54) is 12.8 Å². The molecule has 6 heteroatoms. The van der Waals surface area contributed by atoms with Gasteiger partial charge in [0.05, 0.1) is 19.8 Å². The summed E-state index contributed by atoms with van der Waals surface area (Å²) in [6, 6.07) is 9.31. The topological polar surface area (TPSA) is 61.8 Å². The molecule has 0 saturated carbocycles. The summed E-state index contributed by atoms with van der Waals surface area (Å²) in [5, 5.41) is -0.0253. The molecule has 0 amide bonds. The molecule has 1 aromatic carbocycles. The van der Waals surface area contributed by atoms with Crippen molar-refractivity contribution in [1.82, 2.24) is 0 Å². The zero-order chi connectivity index (χ0) is 22.8. The predicted octanol–water partition coefficient (Wildman–Crippen LogP) is 7.76. The molecule has 1 rings (SSSR count). The van der Waals surface area contributed by atoms with Crippen molar-refractivity contribution in [3.63, 3.8) is 0 Å². The maximum atomic E-state index is 13.8. The highest BCUT2D eigenvalue weighted by Crippen LogP contribution is 2.57. The van der Waals surface area contributed by atoms with Crippen LogP contribution in [0.25, 0.3) is 6.08 Å². The number of esters is 1. The maximum absolute atomic E-state index is 13.8. The summed E-state index contributed by atoms with van der Waals surface area (Å²) in [6.45, 7) is 6.84. The van der Waals surface area contributed by atoms with Gasteiger partial charge in [-0.15, -0.1) is 0 Å². The molecule has 31 heavy (non-hydrogen) atoms. The van der Waals surface area contributed by atoms with E-state index in [-0.39, 0.29) is 11.9 Å². The van der Waals surface area contributed by atoms with E-state index in [0.717, 1.165) is 56.9 Å². The van der Waals surface area contributed by atoms with Crippen molar-refractivity contribution in [3.05, 3.63) is 41.2 Å². The highest BCUT2D eigenvalue weighted by molar-refractivity contribution is 7.60. The van der Waals surface area contributed by atoms with Crippen LogP contribution >= 0.6 is 7.60 Å². The fourth-order valence-electron chi connectivity index (χ4n) is 3.12. The Kier molecular flexibility index (Phi) is 15.3. The lowest BCUT2D eigenvalue weighted by Gasteiger charge is -2.20. The van der Waals surface area contributed by atoms with Crippen LogP contribution in [0.2, 0.25) is 0 Å². The number of ether oxygens (including phenoxy) is 1. The Morgan fingerprint density at radius 3 is 1.81 bits per heavy atom. The van der Waals surface area contributed by atoms with Gasteiger partial charge in [-0.05, 0) is 31.4 Å². The summed E-state index contributed by atoms with van der Waals surface area (Å²) >= 11 is 0. The number of unbranched alkanes of at least 4 members (excludes halogenated alkanes) is 8. The monoisotopic (exact) mass is 452 g/mol. The van der Waals surface area contributed by atoms with Gasteiger partial charge in [0.1, 0.15) is 5.31 Å². The Bertz CT molecular complexity index is 652. The lowest BCUT2D eigenvalue weighted by molar-refractivity contribution is -0.137. The zero-order valence-corrected chi connectivity index (χ0v) is 20.5. The molecule has 0 bridgehead atoms. The highest BCUT2D eigenvalue weighted by atomic mass is 31.2. The smallest absolute Gasteiger partial charge is 0.368 e. The van der Waals surface area contributed by atoms with E-state index in [1.54, 1.807) is 13.0 Å². The Balaban J connectivity index is 2.96. The summed E-state index contributed by atoms with van der Waals surface area (Å²) in [7, 11) is -3.81. The summed E-state index contributed by atoms with van der Waals surface area (Å²) in [5.41, 5.74) is 0.754. The van der Waals surface area contributed by atoms with Crippen LogP contribution in [-0.2, 0) is 23.1 Å². The molecule has 176 valence electrons. The van der Waals surface area contributed by atoms with Gasteiger partial charge in [0, 0.05) is 0 Å². The molecule has 0 heterocycles. The van der Waals surface area contributed by atoms with Gasteiger partial charge in [-0.3, -0.25) is 4.57 Å². The van der Waals surface area contributed by atoms with Gasteiger partial charge < -0.3 is 13.8 Å². The molecule has 0 saturated heterocycles. The van der Waals surface area contributed by atoms with Crippen LogP contribution in [0.4, 0.5) is 0 Å². The molecule has 5 nitrogen and oxygen atoms in total. The normalized spacial score (nSPS) is 12.2. The average molecular weight is 453 g/mol. The van der Waals surface area contributed by atoms with E-state index in [2.05, 4.69) is 13.8 Å². The van der Waals surface area contributed by atoms with Crippen LogP contribution in [0.5, 0.6) is 0 Å². The third-order valence-corrected chi connectivity index (χ3v) is 6.85. The first-order chi connectivity index (χ1) is 15.1. The van der Waals surface area contributed by atoms with Crippen molar-refractivity contribution in [2.75, 3.05) is 19.8 Å². The fraction of sp³-hybridized carbons (Fsp3) is 0.640. The van der Waals surface area contributed by atoms with Crippen molar-refractivity contribution in [1.29, 1.82) is 0 Å². The van der Waals surface area contributed by atoms with Crippen LogP contribution in [0.1, 0.15) is 90.5 Å². The molecule has 0 unspecified atom stereocenters. The number of hydrogen-bond acceptors (Lipinski definition) is 5. The molecule has 0 spiro atoms. The second kappa shape index (κ2) is 17.2. The molecule has 0 radical (unpaired) electrons. The molecule has 1 aromatic rings. The second-order valence-electron chi connectivity index (χ2n) is 7.65. The van der Waals surface area contributed by atoms with Crippen LogP contribution in [0.15, 0.2) is 35.6 Å². The largest absolute Gasteiger partial charge is 0.462 e. The van der Waals surface area contributed by atoms with Gasteiger partial charge >= 0.3 is 13.6 Å². The number of benzene rings is 1. The Morgan fingerprint density at radius 1 is 0.806 bits per heavy atom. The highest BCUT2D eigenvalue weighted by Gasteiger charge is 2.36. The number of carbonyl (C=O) groups excluding carboxylic acids is 1. The Hall–Kier alpha value is -1.42. The van der Waals surface area contributed by atoms with Gasteiger partial charge in [0.25, 0.3) is 0 Å². The van der Waals surface area contributed by atoms with Crippen molar-refractivity contribution in [3.8, 4) is 0 Å². The van der Waals surface area contributed by atoms with Gasteiger partial charge in [-0.2, -0.15) is 0 Å². The molecule has 0 fully saturated rings. The fourth-order valence-corrected chi connectivity index (χ4v) is 4.81. The molecule has 0 aliphatic carbocycles. The molecular weight excluding hydrogens is 411 g/mol. The van der Waals surface area contributed by atoms with E-state index in [4.69, 9.17) is 13.8 Å². The predicted molar refractivity (Wildman–Crippen MR) is 128 cm³/mol. The van der Waals surface area contributed by atoms with Crippen LogP contribution in [-0.4, -0.2) is 25.8 Å². The number of rotatable bonds is 18. The van der Waals surface area contributed by atoms with E-state index < -0.39 is 13.6 Å². The minimum atomic E-state index is -3.81. The minimum Gasteiger partial charge on any atom is -0.462 e. The lowest BCUT2D eigenvalue weighted by Crippen LogP contribution is -2.12. The first-order valence-corrected chi connectivity index (χ1v) is 13.4. The van der Waals surface area contributed by atoms with Crippen molar-refractivity contribution in [2.45, 2.75) is 85.0 Å². The van der Waals surface area contributed by atoms with Crippen LogP contribution in [0, 0.1) is 0 Å². The number of carbonyl (C=O) groups is 1. The second-order valence-corrected chi connectivity index (χ2v) is 9.65. The standard InChI is InChI=1S/C25H41O5P/c1-4-7-9-11-16-20-29-31(27,30-21-17-12-10-8-5-2)24(25(26)28-6-3)22-23-18-14-13-15-19-23/h13-15,18-19,22H,4-12,16-17,20-21H2,1-3H3/b24-22+. The maximum Gasteiger partial charge on any atom is 0.368 e. The van der Waals surface area contributed by atoms with E-state index >= 15 is 0 Å². The first-order valence-electron chi connectivity index (χ1n) is 11.9. The molecule has 0 aliphatic rings. The summed E-state index contributed by atoms with van der Waals surface area (Å²) in [4.78, 5) is 12.7. The SMILES string of the molecule is CCCCCCCOP(=O)(OCCCCCCC)/C(=C/c1ccccc1)C(=O)OCC. The number of hydrogen-bond donors (Lipinski definition) is 0. The average Bonchev–Trinajstić information content (AvgIpc) is 2.77. The molecule has 0 aromatic heterocycles. The van der Waals surface area contributed by atoms with Crippen molar-refractivity contribution in [2.24, 2.45) is 0 Å². The van der Waals surface area contributed by atoms with E-state index in [0.29, 0.717) is 13.2 Å². The summed E-state index contributed by atoms with van der Waals surface area (Å²) < 4.78 is 30.6. The summed E-state index contributed by atoms with van der Waals surface area (Å²) in [6.07, 6.45) is 12.1. The van der Waals surface area contributed by atoms with E-state index in [9.17, 15) is 9.36 Å². The molecule has 0 aliphatic heterocycles. The lowest BCUT2D eigenvalue weighted by atomic mass is 10.2. The molecular formula is C25H41O5P. The Morgan fingerprint density at radius 2 is 1.32 bits per heavy atom. The quantitative estimate of drug-likeness (QED) is 0.0986. The van der Waals surface area contributed by atoms with E-state index in [1.807, 2.05) is 30.3 Å². The van der Waals surface area contributed by atoms with Gasteiger partial charge in [-0.25, -0.2) is 4.79 Å².